The maximum Gasteiger partial charge on any atom is 0.0340 e. The first-order valence-electron chi connectivity index (χ1n) is 4.23. The maximum atomic E-state index is 3.20. The van der Waals surface area contributed by atoms with Crippen LogP contribution in [0, 0.1) is 0 Å². The molecule has 0 aromatic heterocycles. The summed E-state index contributed by atoms with van der Waals surface area (Å²) in [4.78, 5) is 0. The minimum absolute atomic E-state index is 0.415. The molecule has 0 aliphatic heterocycles. The Labute approximate surface area is 74.0 Å². The Morgan fingerprint density at radius 1 is 1.25 bits per heavy atom. The van der Waals surface area contributed by atoms with Gasteiger partial charge < -0.3 is 10.6 Å². The van der Waals surface area contributed by atoms with Gasteiger partial charge in [0.1, 0.15) is 0 Å². The van der Waals surface area contributed by atoms with Crippen molar-refractivity contribution in [3.05, 3.63) is 29.8 Å². The topological polar surface area (TPSA) is 24.1 Å². The molecule has 12 heavy (non-hydrogen) atoms. The van der Waals surface area contributed by atoms with Crippen molar-refractivity contribution < 1.29 is 0 Å². The minimum atomic E-state index is 0.415. The summed E-state index contributed by atoms with van der Waals surface area (Å²) in [5.41, 5.74) is 2.47. The van der Waals surface area contributed by atoms with Gasteiger partial charge in [-0.05, 0) is 31.7 Å². The van der Waals surface area contributed by atoms with E-state index in [0.717, 1.165) is 5.69 Å². The van der Waals surface area contributed by atoms with E-state index in [4.69, 9.17) is 0 Å². The van der Waals surface area contributed by atoms with Crippen molar-refractivity contribution in [2.75, 3.05) is 19.4 Å². The van der Waals surface area contributed by atoms with Crippen LogP contribution in [-0.2, 0) is 0 Å². The summed E-state index contributed by atoms with van der Waals surface area (Å²) in [5, 5.41) is 6.32. The summed E-state index contributed by atoms with van der Waals surface area (Å²) < 4.78 is 0. The molecule has 0 spiro atoms. The van der Waals surface area contributed by atoms with E-state index in [1.165, 1.54) is 5.56 Å². The van der Waals surface area contributed by atoms with Gasteiger partial charge in [0, 0.05) is 18.8 Å². The van der Waals surface area contributed by atoms with Crippen molar-refractivity contribution in [1.29, 1.82) is 0 Å². The van der Waals surface area contributed by atoms with E-state index in [-0.39, 0.29) is 0 Å². The Morgan fingerprint density at radius 2 is 2.00 bits per heavy atom. The molecule has 2 heteroatoms. The molecular formula is C10H16N2. The lowest BCUT2D eigenvalue weighted by Crippen LogP contribution is -2.12. The largest absolute Gasteiger partial charge is 0.388 e. The maximum absolute atomic E-state index is 3.20. The van der Waals surface area contributed by atoms with Crippen LogP contribution < -0.4 is 10.6 Å². The Hall–Kier alpha value is -1.02. The smallest absolute Gasteiger partial charge is 0.0340 e. The van der Waals surface area contributed by atoms with Gasteiger partial charge in [-0.15, -0.1) is 0 Å². The van der Waals surface area contributed by atoms with Gasteiger partial charge in [0.15, 0.2) is 0 Å². The first kappa shape index (κ1) is 9.07. The van der Waals surface area contributed by atoms with Crippen molar-refractivity contribution in [3.63, 3.8) is 0 Å². The zero-order valence-corrected chi connectivity index (χ0v) is 7.89. The lowest BCUT2D eigenvalue weighted by atomic mass is 10.1. The first-order chi connectivity index (χ1) is 5.77. The molecule has 2 nitrogen and oxygen atoms in total. The molecule has 0 saturated carbocycles. The number of hydrogen-bond acceptors (Lipinski definition) is 2. The number of anilines is 1. The molecule has 0 bridgehead atoms. The fourth-order valence-electron chi connectivity index (χ4n) is 1.13. The van der Waals surface area contributed by atoms with Gasteiger partial charge >= 0.3 is 0 Å². The monoisotopic (exact) mass is 164 g/mol. The molecule has 1 aromatic rings. The van der Waals surface area contributed by atoms with Crippen LogP contribution >= 0.6 is 0 Å². The van der Waals surface area contributed by atoms with Gasteiger partial charge in [-0.3, -0.25) is 0 Å². The minimum Gasteiger partial charge on any atom is -0.388 e. The number of nitrogens with one attached hydrogen (secondary N) is 2. The molecule has 0 heterocycles. The molecule has 0 aliphatic rings. The Kier molecular flexibility index (Phi) is 3.11. The van der Waals surface area contributed by atoms with Crippen LogP contribution in [0.15, 0.2) is 24.3 Å². The third kappa shape index (κ3) is 1.98. The molecule has 0 aliphatic carbocycles. The average Bonchev–Trinajstić information content (AvgIpc) is 2.17. The lowest BCUT2D eigenvalue weighted by Gasteiger charge is -2.11. The zero-order valence-electron chi connectivity index (χ0n) is 7.89. The van der Waals surface area contributed by atoms with Gasteiger partial charge in [0.2, 0.25) is 0 Å². The van der Waals surface area contributed by atoms with Crippen LogP contribution in [0.5, 0.6) is 0 Å². The summed E-state index contributed by atoms with van der Waals surface area (Å²) >= 11 is 0. The molecule has 0 fully saturated rings. The second-order valence-corrected chi connectivity index (χ2v) is 2.89. The number of benzene rings is 1. The van der Waals surface area contributed by atoms with Gasteiger partial charge in [0.05, 0.1) is 0 Å². The zero-order chi connectivity index (χ0) is 8.97. The Morgan fingerprint density at radius 3 is 2.58 bits per heavy atom. The van der Waals surface area contributed by atoms with Crippen LogP contribution in [0.1, 0.15) is 18.5 Å². The van der Waals surface area contributed by atoms with E-state index in [1.54, 1.807) is 0 Å². The van der Waals surface area contributed by atoms with Crippen LogP contribution in [0.4, 0.5) is 5.69 Å². The predicted molar refractivity (Wildman–Crippen MR) is 53.5 cm³/mol. The van der Waals surface area contributed by atoms with Crippen molar-refractivity contribution in [3.8, 4) is 0 Å². The van der Waals surface area contributed by atoms with Gasteiger partial charge in [-0.1, -0.05) is 12.1 Å². The quantitative estimate of drug-likeness (QED) is 0.714. The van der Waals surface area contributed by atoms with Crippen LogP contribution in [-0.4, -0.2) is 14.1 Å². The SMILES string of the molecule is CNc1cccc(C(C)NC)c1. The van der Waals surface area contributed by atoms with Crippen molar-refractivity contribution in [1.82, 2.24) is 5.32 Å². The molecule has 1 aromatic carbocycles. The third-order valence-corrected chi connectivity index (χ3v) is 2.11. The molecule has 0 amide bonds. The summed E-state index contributed by atoms with van der Waals surface area (Å²) in [5.74, 6) is 0. The number of hydrogen-bond donors (Lipinski definition) is 2. The van der Waals surface area contributed by atoms with E-state index >= 15 is 0 Å². The van der Waals surface area contributed by atoms with Crippen LogP contribution in [0.3, 0.4) is 0 Å². The molecule has 1 rings (SSSR count). The molecule has 1 atom stereocenters. The van der Waals surface area contributed by atoms with Crippen LogP contribution in [0.25, 0.3) is 0 Å². The summed E-state index contributed by atoms with van der Waals surface area (Å²) in [7, 11) is 3.90. The van der Waals surface area contributed by atoms with Gasteiger partial charge in [-0.25, -0.2) is 0 Å². The van der Waals surface area contributed by atoms with Gasteiger partial charge in [-0.2, -0.15) is 0 Å². The van der Waals surface area contributed by atoms with Crippen LogP contribution in [0.2, 0.25) is 0 Å². The fraction of sp³-hybridized carbons (Fsp3) is 0.400. The van der Waals surface area contributed by atoms with E-state index in [2.05, 4.69) is 41.8 Å². The summed E-state index contributed by atoms with van der Waals surface area (Å²) in [6.45, 7) is 2.15. The lowest BCUT2D eigenvalue weighted by molar-refractivity contribution is 0.652. The second-order valence-electron chi connectivity index (χ2n) is 2.89. The summed E-state index contributed by atoms with van der Waals surface area (Å²) in [6.07, 6.45) is 0. The van der Waals surface area contributed by atoms with Gasteiger partial charge in [0.25, 0.3) is 0 Å². The highest BCUT2D eigenvalue weighted by Crippen LogP contribution is 2.15. The molecule has 0 saturated heterocycles. The number of rotatable bonds is 3. The predicted octanol–water partition coefficient (Wildman–Crippen LogP) is 2.01. The Bertz CT molecular complexity index is 245. The molecular weight excluding hydrogens is 148 g/mol. The average molecular weight is 164 g/mol. The van der Waals surface area contributed by atoms with Crippen molar-refractivity contribution in [2.24, 2.45) is 0 Å². The molecule has 1 unspecified atom stereocenters. The highest BCUT2D eigenvalue weighted by molar-refractivity contribution is 5.45. The fourth-order valence-corrected chi connectivity index (χ4v) is 1.13. The molecule has 2 N–H and O–H groups in total. The summed E-state index contributed by atoms with van der Waals surface area (Å²) in [6, 6.07) is 8.82. The van der Waals surface area contributed by atoms with E-state index in [0.29, 0.717) is 6.04 Å². The second kappa shape index (κ2) is 4.12. The highest BCUT2D eigenvalue weighted by atomic mass is 14.9. The van der Waals surface area contributed by atoms with E-state index < -0.39 is 0 Å². The Balaban J connectivity index is 2.86. The van der Waals surface area contributed by atoms with E-state index in [9.17, 15) is 0 Å². The highest BCUT2D eigenvalue weighted by Gasteiger charge is 2.01. The first-order valence-corrected chi connectivity index (χ1v) is 4.23. The van der Waals surface area contributed by atoms with Crippen molar-refractivity contribution >= 4 is 5.69 Å². The standard InChI is InChI=1S/C10H16N2/c1-8(11-2)9-5-4-6-10(7-9)12-3/h4-8,11-12H,1-3H3. The van der Waals surface area contributed by atoms with Crippen molar-refractivity contribution in [2.45, 2.75) is 13.0 Å². The van der Waals surface area contributed by atoms with E-state index in [1.807, 2.05) is 14.1 Å². The third-order valence-electron chi connectivity index (χ3n) is 2.11. The normalized spacial score (nSPS) is 12.6. The molecule has 66 valence electrons. The molecule has 0 radical (unpaired) electrons.